The van der Waals surface area contributed by atoms with Crippen LogP contribution in [0.1, 0.15) is 18.4 Å². The molecule has 0 unspecified atom stereocenters. The van der Waals surface area contributed by atoms with E-state index in [1.165, 1.54) is 0 Å². The average molecular weight is 375 g/mol. The monoisotopic (exact) mass is 374 g/mol. The molecule has 2 aromatic carbocycles. The lowest BCUT2D eigenvalue weighted by Gasteiger charge is -2.43. The molecule has 25 heavy (non-hydrogen) atoms. The molecule has 0 amide bonds. The van der Waals surface area contributed by atoms with Gasteiger partial charge in [-0.1, -0.05) is 47.5 Å². The van der Waals surface area contributed by atoms with Crippen molar-refractivity contribution >= 4 is 40.4 Å². The maximum atomic E-state index is 6.33. The Kier molecular flexibility index (Phi) is 4.59. The summed E-state index contributed by atoms with van der Waals surface area (Å²) in [6.45, 7) is 2.53. The minimum absolute atomic E-state index is 0.162. The molecule has 1 fully saturated rings. The zero-order valence-corrected chi connectivity index (χ0v) is 15.3. The summed E-state index contributed by atoms with van der Waals surface area (Å²) < 4.78 is 0. The van der Waals surface area contributed by atoms with Crippen LogP contribution in [-0.4, -0.2) is 24.5 Å². The Morgan fingerprint density at radius 2 is 1.84 bits per heavy atom. The third-order valence-electron chi connectivity index (χ3n) is 4.90. The zero-order valence-electron chi connectivity index (χ0n) is 13.8. The lowest BCUT2D eigenvalue weighted by Crippen LogP contribution is -2.58. The van der Waals surface area contributed by atoms with Crippen molar-refractivity contribution in [2.24, 2.45) is 4.99 Å². The van der Waals surface area contributed by atoms with Crippen LogP contribution in [-0.2, 0) is 6.54 Å². The van der Waals surface area contributed by atoms with E-state index in [9.17, 15) is 0 Å². The van der Waals surface area contributed by atoms with Gasteiger partial charge in [-0.15, -0.1) is 0 Å². The van der Waals surface area contributed by atoms with Crippen LogP contribution in [0.3, 0.4) is 0 Å². The van der Waals surface area contributed by atoms with Gasteiger partial charge in [0.15, 0.2) is 0 Å². The summed E-state index contributed by atoms with van der Waals surface area (Å²) in [7, 11) is 0. The maximum absolute atomic E-state index is 6.33. The summed E-state index contributed by atoms with van der Waals surface area (Å²) >= 11 is 12.5. The minimum atomic E-state index is -0.162. The normalized spacial score (nSPS) is 18.2. The molecule has 0 saturated carbocycles. The topological polar surface area (TPSA) is 48.5 Å². The van der Waals surface area contributed by atoms with Gasteiger partial charge in [0.2, 0.25) is 0 Å². The Balaban J connectivity index is 1.64. The Hall–Kier alpha value is -1.75. The van der Waals surface area contributed by atoms with Crippen LogP contribution < -0.4 is 16.0 Å². The summed E-state index contributed by atoms with van der Waals surface area (Å²) in [6.07, 6.45) is 1.97. The standard InChI is InChI=1S/C19H20Cl2N4/c20-14-5-3-4-13(17(14)21)12-23-18-19(8-10-22-11-9-19)25-16-7-2-1-6-15(16)24-18/h1-7,22,25H,8-12H2,(H,23,24). The van der Waals surface area contributed by atoms with Gasteiger partial charge < -0.3 is 16.0 Å². The highest BCUT2D eigenvalue weighted by Crippen LogP contribution is 2.37. The molecule has 1 spiro atoms. The van der Waals surface area contributed by atoms with E-state index in [0.717, 1.165) is 48.7 Å². The number of hydrogen-bond acceptors (Lipinski definition) is 4. The van der Waals surface area contributed by atoms with Gasteiger partial charge in [0.05, 0.1) is 27.0 Å². The molecule has 3 N–H and O–H groups in total. The molecule has 0 bridgehead atoms. The highest BCUT2D eigenvalue weighted by Gasteiger charge is 2.40. The molecule has 0 aromatic heterocycles. The third-order valence-corrected chi connectivity index (χ3v) is 5.76. The zero-order chi connectivity index (χ0) is 17.3. The number of halogens is 2. The van der Waals surface area contributed by atoms with E-state index in [-0.39, 0.29) is 5.54 Å². The number of benzene rings is 2. The fraction of sp³-hybridized carbons (Fsp3) is 0.316. The summed E-state index contributed by atoms with van der Waals surface area (Å²) in [6, 6.07) is 13.9. The summed E-state index contributed by atoms with van der Waals surface area (Å²) in [4.78, 5) is 4.93. The van der Waals surface area contributed by atoms with Crippen LogP contribution in [0.2, 0.25) is 10.0 Å². The molecule has 4 rings (SSSR count). The van der Waals surface area contributed by atoms with E-state index in [1.54, 1.807) is 6.07 Å². The second-order valence-electron chi connectivity index (χ2n) is 6.50. The molecule has 2 heterocycles. The number of nitrogens with zero attached hydrogens (tertiary/aromatic N) is 1. The van der Waals surface area contributed by atoms with E-state index in [2.05, 4.69) is 22.0 Å². The van der Waals surface area contributed by atoms with Crippen LogP contribution >= 0.6 is 23.2 Å². The predicted octanol–water partition coefficient (Wildman–Crippen LogP) is 4.36. The molecule has 130 valence electrons. The first-order valence-corrected chi connectivity index (χ1v) is 9.27. The minimum Gasteiger partial charge on any atom is -0.371 e. The molecule has 0 radical (unpaired) electrons. The molecule has 0 aliphatic carbocycles. The second kappa shape index (κ2) is 6.87. The van der Waals surface area contributed by atoms with Crippen LogP contribution in [0.15, 0.2) is 47.5 Å². The predicted molar refractivity (Wildman–Crippen MR) is 105 cm³/mol. The van der Waals surface area contributed by atoms with Crippen molar-refractivity contribution in [3.63, 3.8) is 0 Å². The van der Waals surface area contributed by atoms with Crippen molar-refractivity contribution in [1.82, 2.24) is 10.6 Å². The lowest BCUT2D eigenvalue weighted by molar-refractivity contribution is 0.412. The van der Waals surface area contributed by atoms with Crippen molar-refractivity contribution in [1.29, 1.82) is 0 Å². The molecule has 0 atom stereocenters. The van der Waals surface area contributed by atoms with Crippen LogP contribution in [0.4, 0.5) is 11.4 Å². The largest absolute Gasteiger partial charge is 0.371 e. The fourth-order valence-corrected chi connectivity index (χ4v) is 3.90. The molecular weight excluding hydrogens is 355 g/mol. The van der Waals surface area contributed by atoms with Crippen molar-refractivity contribution in [3.05, 3.63) is 58.1 Å². The Bertz CT molecular complexity index is 813. The lowest BCUT2D eigenvalue weighted by atomic mass is 9.85. The molecule has 2 aromatic rings. The van der Waals surface area contributed by atoms with Gasteiger partial charge in [-0.2, -0.15) is 0 Å². The molecule has 4 nitrogen and oxygen atoms in total. The van der Waals surface area contributed by atoms with Crippen molar-refractivity contribution in [2.45, 2.75) is 24.9 Å². The van der Waals surface area contributed by atoms with Gasteiger partial charge in [0.25, 0.3) is 0 Å². The molecule has 6 heteroatoms. The smallest absolute Gasteiger partial charge is 0.128 e. The fourth-order valence-electron chi connectivity index (χ4n) is 3.51. The average Bonchev–Trinajstić information content (AvgIpc) is 2.64. The first-order valence-electron chi connectivity index (χ1n) is 8.52. The van der Waals surface area contributed by atoms with Gasteiger partial charge in [-0.3, -0.25) is 0 Å². The molecule has 1 saturated heterocycles. The second-order valence-corrected chi connectivity index (χ2v) is 7.29. The van der Waals surface area contributed by atoms with Gasteiger partial charge in [0.1, 0.15) is 5.84 Å². The first kappa shape index (κ1) is 16.7. The van der Waals surface area contributed by atoms with E-state index in [1.807, 2.05) is 30.3 Å². The number of nitrogens with one attached hydrogen (secondary N) is 3. The van der Waals surface area contributed by atoms with Crippen molar-refractivity contribution < 1.29 is 0 Å². The summed E-state index contributed by atoms with van der Waals surface area (Å²) in [5.74, 6) is 0.976. The number of para-hydroxylation sites is 2. The molecule has 2 aliphatic heterocycles. The van der Waals surface area contributed by atoms with Gasteiger partial charge in [-0.25, -0.2) is 4.99 Å². The third kappa shape index (κ3) is 3.22. The number of aliphatic imine (C=N–C) groups is 1. The van der Waals surface area contributed by atoms with Gasteiger partial charge in [-0.05, 0) is 49.7 Å². The SMILES string of the molecule is Clc1cccc(CNC2=Nc3ccccc3NC23CCNCC3)c1Cl. The number of piperidine rings is 1. The number of amidine groups is 1. The number of anilines is 1. The van der Waals surface area contributed by atoms with E-state index in [0.29, 0.717) is 16.6 Å². The molecule has 2 aliphatic rings. The number of fused-ring (bicyclic) bond motifs is 1. The Morgan fingerprint density at radius 1 is 1.04 bits per heavy atom. The van der Waals surface area contributed by atoms with Gasteiger partial charge in [0, 0.05) is 6.54 Å². The van der Waals surface area contributed by atoms with Crippen molar-refractivity contribution in [2.75, 3.05) is 18.4 Å². The maximum Gasteiger partial charge on any atom is 0.128 e. The van der Waals surface area contributed by atoms with Crippen molar-refractivity contribution in [3.8, 4) is 0 Å². The van der Waals surface area contributed by atoms with Gasteiger partial charge >= 0.3 is 0 Å². The van der Waals surface area contributed by atoms with Crippen LogP contribution in [0.25, 0.3) is 0 Å². The Labute approximate surface area is 157 Å². The summed E-state index contributed by atoms with van der Waals surface area (Å²) in [5.41, 5.74) is 2.87. The van der Waals surface area contributed by atoms with E-state index < -0.39 is 0 Å². The van der Waals surface area contributed by atoms with Crippen LogP contribution in [0.5, 0.6) is 0 Å². The summed E-state index contributed by atoms with van der Waals surface area (Å²) in [5, 5.41) is 11.9. The number of rotatable bonds is 2. The highest BCUT2D eigenvalue weighted by atomic mass is 35.5. The highest BCUT2D eigenvalue weighted by molar-refractivity contribution is 6.42. The number of hydrogen-bond donors (Lipinski definition) is 3. The van der Waals surface area contributed by atoms with Crippen LogP contribution in [0, 0.1) is 0 Å². The first-order chi connectivity index (χ1) is 12.2. The Morgan fingerprint density at radius 3 is 2.68 bits per heavy atom. The molecular formula is C19H20Cl2N4. The quantitative estimate of drug-likeness (QED) is 0.731. The van der Waals surface area contributed by atoms with E-state index >= 15 is 0 Å². The van der Waals surface area contributed by atoms with E-state index in [4.69, 9.17) is 28.2 Å².